The minimum atomic E-state index is -1.08. The lowest BCUT2D eigenvalue weighted by molar-refractivity contribution is -0.161. The van der Waals surface area contributed by atoms with Gasteiger partial charge in [0.1, 0.15) is 5.70 Å². The van der Waals surface area contributed by atoms with Crippen LogP contribution in [0.4, 0.5) is 0 Å². The molecule has 0 aromatic carbocycles. The fraction of sp³-hybridized carbons (Fsp3) is 0.615. The molecule has 1 amide bonds. The molecule has 0 radical (unpaired) electrons. The third-order valence-electron chi connectivity index (χ3n) is 3.77. The van der Waals surface area contributed by atoms with Crippen molar-refractivity contribution in [1.29, 1.82) is 0 Å². The van der Waals surface area contributed by atoms with Crippen LogP contribution in [0.3, 0.4) is 0 Å². The molecule has 21 heavy (non-hydrogen) atoms. The molecule has 2 aliphatic rings. The summed E-state index contributed by atoms with van der Waals surface area (Å²) in [5, 5.41) is 19.0. The number of fused-ring (bicyclic) bond motifs is 1. The lowest BCUT2D eigenvalue weighted by Crippen LogP contribution is -2.61. The number of rotatable bonds is 7. The third-order valence-corrected chi connectivity index (χ3v) is 4.79. The molecule has 3 atom stereocenters. The van der Waals surface area contributed by atoms with E-state index in [0.29, 0.717) is 18.7 Å². The number of aliphatic hydroxyl groups excluding tert-OH is 1. The molecule has 2 rings (SSSR count). The zero-order chi connectivity index (χ0) is 15.6. The Kier molecular flexibility index (Phi) is 4.89. The Morgan fingerprint density at radius 2 is 2.38 bits per heavy atom. The van der Waals surface area contributed by atoms with Crippen LogP contribution in [0.2, 0.25) is 0 Å². The Morgan fingerprint density at radius 1 is 1.67 bits per heavy atom. The first kappa shape index (κ1) is 15.8. The molecule has 2 heterocycles. The maximum absolute atomic E-state index is 12.0. The topological polar surface area (TPSA) is 116 Å². The second-order valence-electron chi connectivity index (χ2n) is 5.11. The highest BCUT2D eigenvalue weighted by atomic mass is 32.2. The average molecular weight is 313 g/mol. The number of aliphatic carboxylic acids is 1. The summed E-state index contributed by atoms with van der Waals surface area (Å²) in [7, 11) is 0. The molecule has 0 saturated carbocycles. The Hall–Kier alpha value is -1.54. The van der Waals surface area contributed by atoms with E-state index in [1.165, 1.54) is 11.2 Å². The predicted octanol–water partition coefficient (Wildman–Crippen LogP) is -0.343. The second-order valence-corrected chi connectivity index (χ2v) is 6.22. The van der Waals surface area contributed by atoms with Gasteiger partial charge in [-0.1, -0.05) is 0 Å². The molecule has 0 aromatic heterocycles. The summed E-state index contributed by atoms with van der Waals surface area (Å²) in [6.07, 6.45) is 1.02. The van der Waals surface area contributed by atoms with Crippen LogP contribution in [0.25, 0.3) is 0 Å². The van der Waals surface area contributed by atoms with Crippen molar-refractivity contribution in [3.05, 3.63) is 11.3 Å². The molecule has 8 heteroatoms. The summed E-state index contributed by atoms with van der Waals surface area (Å²) >= 11 is 1.56. The highest BCUT2D eigenvalue weighted by Gasteiger charge is 2.56. The molecule has 0 bridgehead atoms. The Labute approximate surface area is 126 Å². The molecule has 7 nitrogen and oxygen atoms in total. The SMILES string of the molecule is C[C@@H](O)[C@H]1C(=O)N2C(C(=O)O)=C(CSCCN=CN)C[C@H]12. The van der Waals surface area contributed by atoms with Gasteiger partial charge in [0.25, 0.3) is 0 Å². The Bertz CT molecular complexity index is 504. The summed E-state index contributed by atoms with van der Waals surface area (Å²) < 4.78 is 0. The number of aliphatic hydroxyl groups is 1. The Balaban J connectivity index is 2.03. The summed E-state index contributed by atoms with van der Waals surface area (Å²) in [5.41, 5.74) is 5.99. The van der Waals surface area contributed by atoms with E-state index in [-0.39, 0.29) is 17.6 Å². The predicted molar refractivity (Wildman–Crippen MR) is 80.0 cm³/mol. The lowest BCUT2D eigenvalue weighted by Gasteiger charge is -2.44. The van der Waals surface area contributed by atoms with Crippen LogP contribution >= 0.6 is 11.8 Å². The van der Waals surface area contributed by atoms with Crippen LogP contribution in [0.5, 0.6) is 0 Å². The van der Waals surface area contributed by atoms with E-state index in [2.05, 4.69) is 4.99 Å². The van der Waals surface area contributed by atoms with E-state index in [1.807, 2.05) is 0 Å². The first-order valence-corrected chi connectivity index (χ1v) is 7.88. The smallest absolute Gasteiger partial charge is 0.352 e. The van der Waals surface area contributed by atoms with Crippen molar-refractivity contribution in [3.63, 3.8) is 0 Å². The zero-order valence-corrected chi connectivity index (χ0v) is 12.5. The molecule has 0 aliphatic carbocycles. The van der Waals surface area contributed by atoms with Crippen molar-refractivity contribution in [2.24, 2.45) is 16.6 Å². The van der Waals surface area contributed by atoms with Gasteiger partial charge in [0.15, 0.2) is 0 Å². The minimum absolute atomic E-state index is 0.0942. The number of thioether (sulfide) groups is 1. The number of carbonyl (C=O) groups excluding carboxylic acids is 1. The number of hydrogen-bond acceptors (Lipinski definition) is 5. The van der Waals surface area contributed by atoms with Gasteiger partial charge < -0.3 is 20.8 Å². The molecule has 0 aromatic rings. The van der Waals surface area contributed by atoms with Crippen molar-refractivity contribution < 1.29 is 19.8 Å². The van der Waals surface area contributed by atoms with E-state index in [1.54, 1.807) is 18.7 Å². The van der Waals surface area contributed by atoms with Crippen LogP contribution < -0.4 is 5.73 Å². The van der Waals surface area contributed by atoms with E-state index < -0.39 is 18.0 Å². The third kappa shape index (κ3) is 2.91. The maximum atomic E-state index is 12.0. The van der Waals surface area contributed by atoms with E-state index in [9.17, 15) is 19.8 Å². The largest absolute Gasteiger partial charge is 0.477 e. The molecule has 0 unspecified atom stereocenters. The Morgan fingerprint density at radius 3 is 2.95 bits per heavy atom. The molecular formula is C13H19N3O4S. The first-order valence-electron chi connectivity index (χ1n) is 6.73. The molecule has 2 aliphatic heterocycles. The highest BCUT2D eigenvalue weighted by Crippen LogP contribution is 2.44. The normalized spacial score (nSPS) is 26.2. The van der Waals surface area contributed by atoms with Gasteiger partial charge in [0.2, 0.25) is 5.91 Å². The number of carboxylic acid groups (broad SMARTS) is 1. The molecule has 0 spiro atoms. The second kappa shape index (κ2) is 6.48. The number of β-lactam (4-membered cyclic amide) rings is 1. The van der Waals surface area contributed by atoms with E-state index in [4.69, 9.17) is 5.73 Å². The fourth-order valence-corrected chi connectivity index (χ4v) is 3.76. The summed E-state index contributed by atoms with van der Waals surface area (Å²) in [6, 6.07) is -0.207. The highest BCUT2D eigenvalue weighted by molar-refractivity contribution is 7.99. The van der Waals surface area contributed by atoms with Crippen molar-refractivity contribution >= 4 is 30.0 Å². The van der Waals surface area contributed by atoms with Gasteiger partial charge in [-0.2, -0.15) is 11.8 Å². The van der Waals surface area contributed by atoms with Crippen molar-refractivity contribution in [2.75, 3.05) is 18.1 Å². The quantitative estimate of drug-likeness (QED) is 0.256. The van der Waals surface area contributed by atoms with Gasteiger partial charge in [-0.25, -0.2) is 4.79 Å². The average Bonchev–Trinajstić information content (AvgIpc) is 2.72. The maximum Gasteiger partial charge on any atom is 0.352 e. The molecule has 1 saturated heterocycles. The minimum Gasteiger partial charge on any atom is -0.477 e. The number of aliphatic imine (C=N–C) groups is 1. The monoisotopic (exact) mass is 313 g/mol. The van der Waals surface area contributed by atoms with Gasteiger partial charge in [0.05, 0.1) is 24.4 Å². The number of carbonyl (C=O) groups is 2. The molecule has 4 N–H and O–H groups in total. The summed E-state index contributed by atoms with van der Waals surface area (Å²) in [5.74, 6) is -0.564. The van der Waals surface area contributed by atoms with Gasteiger partial charge in [-0.05, 0) is 18.9 Å². The van der Waals surface area contributed by atoms with E-state index in [0.717, 1.165) is 11.3 Å². The van der Waals surface area contributed by atoms with Crippen molar-refractivity contribution in [1.82, 2.24) is 4.90 Å². The zero-order valence-electron chi connectivity index (χ0n) is 11.7. The van der Waals surface area contributed by atoms with Crippen LogP contribution in [-0.4, -0.2) is 63.5 Å². The standard InChI is InChI=1S/C13H19N3O4S/c1-7(17)10-9-4-8(5-21-3-2-15-6-14)11(13(19)20)16(9)12(10)18/h6-7,9-10,17H,2-5H2,1H3,(H2,14,15)(H,19,20)/t7-,9-,10-/m1/s1. The fourth-order valence-electron chi connectivity index (χ4n) is 2.88. The molecule has 1 fully saturated rings. The van der Waals surface area contributed by atoms with Gasteiger partial charge in [0, 0.05) is 18.1 Å². The van der Waals surface area contributed by atoms with Crippen molar-refractivity contribution in [3.8, 4) is 0 Å². The number of nitrogens with two attached hydrogens (primary N) is 1. The molecular weight excluding hydrogens is 294 g/mol. The van der Waals surface area contributed by atoms with Crippen LogP contribution in [0.15, 0.2) is 16.3 Å². The first-order chi connectivity index (χ1) is 9.99. The van der Waals surface area contributed by atoms with Crippen LogP contribution in [-0.2, 0) is 9.59 Å². The van der Waals surface area contributed by atoms with Gasteiger partial charge >= 0.3 is 5.97 Å². The summed E-state index contributed by atoms with van der Waals surface area (Å²) in [4.78, 5) is 28.6. The number of carboxylic acids is 1. The lowest BCUT2D eigenvalue weighted by atomic mass is 9.83. The number of hydrogen-bond donors (Lipinski definition) is 3. The summed E-state index contributed by atoms with van der Waals surface area (Å²) in [6.45, 7) is 2.15. The van der Waals surface area contributed by atoms with Crippen LogP contribution in [0, 0.1) is 5.92 Å². The number of nitrogens with zero attached hydrogens (tertiary/aromatic N) is 2. The van der Waals surface area contributed by atoms with Gasteiger partial charge in [-0.15, -0.1) is 0 Å². The van der Waals surface area contributed by atoms with E-state index >= 15 is 0 Å². The molecule has 116 valence electrons. The number of amides is 1. The van der Waals surface area contributed by atoms with Crippen LogP contribution in [0.1, 0.15) is 13.3 Å². The van der Waals surface area contributed by atoms with Gasteiger partial charge in [-0.3, -0.25) is 9.79 Å². The van der Waals surface area contributed by atoms with Crippen molar-refractivity contribution in [2.45, 2.75) is 25.5 Å².